The van der Waals surface area contributed by atoms with Crippen LogP contribution in [0.25, 0.3) is 0 Å². The first-order valence-corrected chi connectivity index (χ1v) is 8.25. The highest BCUT2D eigenvalue weighted by atomic mass is 16.6. The molecule has 0 saturated heterocycles. The van der Waals surface area contributed by atoms with E-state index in [1.165, 1.54) is 0 Å². The minimum absolute atomic E-state index is 0.319. The molecule has 1 aliphatic rings. The normalized spacial score (nSPS) is 19.0. The number of hydrogen-bond acceptors (Lipinski definition) is 4. The third kappa shape index (κ3) is 2.81. The zero-order chi connectivity index (χ0) is 18.3. The van der Waals surface area contributed by atoms with Gasteiger partial charge in [0.1, 0.15) is 0 Å². The molecule has 0 spiro atoms. The van der Waals surface area contributed by atoms with Crippen molar-refractivity contribution in [3.63, 3.8) is 0 Å². The predicted molar refractivity (Wildman–Crippen MR) is 93.8 cm³/mol. The van der Waals surface area contributed by atoms with Crippen molar-refractivity contribution in [2.24, 2.45) is 0 Å². The number of aryl methyl sites for hydroxylation is 2. The zero-order valence-electron chi connectivity index (χ0n) is 14.8. The van der Waals surface area contributed by atoms with Crippen molar-refractivity contribution in [1.29, 1.82) is 10.5 Å². The SMILES string of the molecule is Cc1cc(C#N)c(C)c([C@@H]2Cc3c(C)cc(C#N)c(C)c3[C@@H](O)O2)c1. The highest BCUT2D eigenvalue weighted by molar-refractivity contribution is 5.53. The lowest BCUT2D eigenvalue weighted by Crippen LogP contribution is -2.23. The number of fused-ring (bicyclic) bond motifs is 1. The van der Waals surface area contributed by atoms with Gasteiger partial charge in [0.25, 0.3) is 0 Å². The number of benzene rings is 2. The Morgan fingerprint density at radius 1 is 1.00 bits per heavy atom. The van der Waals surface area contributed by atoms with E-state index in [9.17, 15) is 15.6 Å². The maximum Gasteiger partial charge on any atom is 0.182 e. The van der Waals surface area contributed by atoms with Gasteiger partial charge in [-0.2, -0.15) is 10.5 Å². The van der Waals surface area contributed by atoms with Crippen molar-refractivity contribution in [3.05, 3.63) is 68.3 Å². The average Bonchev–Trinajstić information content (AvgIpc) is 2.59. The van der Waals surface area contributed by atoms with Crippen LogP contribution in [0.4, 0.5) is 0 Å². The van der Waals surface area contributed by atoms with Gasteiger partial charge in [-0.25, -0.2) is 0 Å². The molecule has 0 radical (unpaired) electrons. The second-order valence-electron chi connectivity index (χ2n) is 6.69. The Balaban J connectivity index is 2.13. The van der Waals surface area contributed by atoms with Crippen molar-refractivity contribution < 1.29 is 9.84 Å². The Hall–Kier alpha value is -2.66. The first-order chi connectivity index (χ1) is 11.9. The second-order valence-corrected chi connectivity index (χ2v) is 6.69. The molecular formula is C21H20N2O2. The van der Waals surface area contributed by atoms with Crippen LogP contribution in [0.3, 0.4) is 0 Å². The Morgan fingerprint density at radius 2 is 1.64 bits per heavy atom. The molecule has 2 atom stereocenters. The average molecular weight is 332 g/mol. The molecule has 2 aromatic rings. The van der Waals surface area contributed by atoms with Gasteiger partial charge in [0.2, 0.25) is 0 Å². The molecule has 3 rings (SSSR count). The van der Waals surface area contributed by atoms with Gasteiger partial charge in [-0.3, -0.25) is 0 Å². The highest BCUT2D eigenvalue weighted by Gasteiger charge is 2.32. The summed E-state index contributed by atoms with van der Waals surface area (Å²) in [7, 11) is 0. The van der Waals surface area contributed by atoms with Crippen LogP contribution in [0.2, 0.25) is 0 Å². The molecule has 4 nitrogen and oxygen atoms in total. The summed E-state index contributed by atoms with van der Waals surface area (Å²) < 4.78 is 5.91. The van der Waals surface area contributed by atoms with Gasteiger partial charge in [-0.15, -0.1) is 0 Å². The van der Waals surface area contributed by atoms with E-state index in [-0.39, 0.29) is 6.10 Å². The number of aliphatic hydroxyl groups excluding tert-OH is 1. The summed E-state index contributed by atoms with van der Waals surface area (Å²) in [4.78, 5) is 0. The molecule has 126 valence electrons. The molecule has 0 saturated carbocycles. The number of rotatable bonds is 1. The van der Waals surface area contributed by atoms with Crippen molar-refractivity contribution in [2.75, 3.05) is 0 Å². The lowest BCUT2D eigenvalue weighted by atomic mass is 9.84. The van der Waals surface area contributed by atoms with Crippen LogP contribution >= 0.6 is 0 Å². The summed E-state index contributed by atoms with van der Waals surface area (Å²) in [5, 5.41) is 29.2. The van der Waals surface area contributed by atoms with E-state index in [4.69, 9.17) is 4.74 Å². The van der Waals surface area contributed by atoms with E-state index < -0.39 is 6.29 Å². The third-order valence-electron chi connectivity index (χ3n) is 5.08. The molecular weight excluding hydrogens is 312 g/mol. The standard InChI is InChI=1S/C21H20N2O2/c1-11-5-15(9-22)13(3)18(6-11)19-8-17-12(2)7-16(10-23)14(4)20(17)21(24)25-19/h5-7,19,21,24H,8H2,1-4H3/t19-,21-/m0/s1. The van der Waals surface area contributed by atoms with E-state index in [1.54, 1.807) is 0 Å². The minimum Gasteiger partial charge on any atom is -0.364 e. The first kappa shape index (κ1) is 17.2. The Kier molecular flexibility index (Phi) is 4.35. The minimum atomic E-state index is -1.08. The van der Waals surface area contributed by atoms with Crippen molar-refractivity contribution in [1.82, 2.24) is 0 Å². The summed E-state index contributed by atoms with van der Waals surface area (Å²) in [5.41, 5.74) is 7.50. The van der Waals surface area contributed by atoms with E-state index in [0.717, 1.165) is 33.4 Å². The second kappa shape index (κ2) is 6.33. The van der Waals surface area contributed by atoms with Gasteiger partial charge in [0, 0.05) is 12.0 Å². The molecule has 25 heavy (non-hydrogen) atoms. The molecule has 1 heterocycles. The number of nitrogens with zero attached hydrogens (tertiary/aromatic N) is 2. The van der Waals surface area contributed by atoms with Crippen LogP contribution in [0, 0.1) is 50.4 Å². The van der Waals surface area contributed by atoms with Crippen LogP contribution in [0.5, 0.6) is 0 Å². The first-order valence-electron chi connectivity index (χ1n) is 8.25. The van der Waals surface area contributed by atoms with Crippen LogP contribution < -0.4 is 0 Å². The summed E-state index contributed by atoms with van der Waals surface area (Å²) >= 11 is 0. The quantitative estimate of drug-likeness (QED) is 0.857. The summed E-state index contributed by atoms with van der Waals surface area (Å²) in [6.45, 7) is 7.66. The number of nitriles is 2. The van der Waals surface area contributed by atoms with Gasteiger partial charge >= 0.3 is 0 Å². The molecule has 0 aliphatic carbocycles. The molecule has 1 aliphatic heterocycles. The monoisotopic (exact) mass is 332 g/mol. The number of aliphatic hydroxyl groups is 1. The van der Waals surface area contributed by atoms with Gasteiger partial charge in [-0.05, 0) is 73.2 Å². The van der Waals surface area contributed by atoms with Crippen LogP contribution in [-0.2, 0) is 11.2 Å². The Morgan fingerprint density at radius 3 is 2.28 bits per heavy atom. The molecule has 4 heteroatoms. The highest BCUT2D eigenvalue weighted by Crippen LogP contribution is 2.41. The van der Waals surface area contributed by atoms with E-state index in [1.807, 2.05) is 45.9 Å². The van der Waals surface area contributed by atoms with E-state index >= 15 is 0 Å². The van der Waals surface area contributed by atoms with Crippen LogP contribution in [-0.4, -0.2) is 5.11 Å². The predicted octanol–water partition coefficient (Wildman–Crippen LogP) is 3.97. The molecule has 0 fully saturated rings. The summed E-state index contributed by atoms with van der Waals surface area (Å²) in [6, 6.07) is 10.2. The molecule has 0 aromatic heterocycles. The Bertz CT molecular complexity index is 948. The van der Waals surface area contributed by atoms with Gasteiger partial charge in [-0.1, -0.05) is 6.07 Å². The fourth-order valence-electron chi connectivity index (χ4n) is 3.69. The fraction of sp³-hybridized carbons (Fsp3) is 0.333. The summed E-state index contributed by atoms with van der Waals surface area (Å²) in [5.74, 6) is 0. The largest absolute Gasteiger partial charge is 0.364 e. The topological polar surface area (TPSA) is 77.0 Å². The van der Waals surface area contributed by atoms with Gasteiger partial charge in [0.15, 0.2) is 6.29 Å². The van der Waals surface area contributed by atoms with Crippen molar-refractivity contribution >= 4 is 0 Å². The van der Waals surface area contributed by atoms with E-state index in [2.05, 4.69) is 12.1 Å². The zero-order valence-corrected chi connectivity index (χ0v) is 14.8. The maximum atomic E-state index is 10.6. The van der Waals surface area contributed by atoms with Crippen LogP contribution in [0.15, 0.2) is 18.2 Å². The molecule has 0 bridgehead atoms. The molecule has 0 unspecified atom stereocenters. The fourth-order valence-corrected chi connectivity index (χ4v) is 3.69. The number of ether oxygens (including phenoxy) is 1. The van der Waals surface area contributed by atoms with Crippen molar-refractivity contribution in [3.8, 4) is 12.1 Å². The lowest BCUT2D eigenvalue weighted by Gasteiger charge is -2.33. The van der Waals surface area contributed by atoms with E-state index in [0.29, 0.717) is 23.1 Å². The lowest BCUT2D eigenvalue weighted by molar-refractivity contribution is -0.151. The molecule has 2 aromatic carbocycles. The summed E-state index contributed by atoms with van der Waals surface area (Å²) in [6.07, 6.45) is -0.785. The van der Waals surface area contributed by atoms with Gasteiger partial charge in [0.05, 0.1) is 29.4 Å². The number of hydrogen-bond donors (Lipinski definition) is 1. The third-order valence-corrected chi connectivity index (χ3v) is 5.08. The maximum absolute atomic E-state index is 10.6. The van der Waals surface area contributed by atoms with Crippen LogP contribution in [0.1, 0.15) is 62.5 Å². The van der Waals surface area contributed by atoms with Gasteiger partial charge < -0.3 is 9.84 Å². The molecule has 0 amide bonds. The smallest absolute Gasteiger partial charge is 0.182 e. The van der Waals surface area contributed by atoms with Crippen molar-refractivity contribution in [2.45, 2.75) is 46.5 Å². The molecule has 1 N–H and O–H groups in total. The Labute approximate surface area is 147 Å².